The van der Waals surface area contributed by atoms with Crippen LogP contribution in [0.4, 0.5) is 4.79 Å². The van der Waals surface area contributed by atoms with Crippen LogP contribution in [0, 0.1) is 0 Å². The summed E-state index contributed by atoms with van der Waals surface area (Å²) in [5, 5.41) is 8.84. The lowest BCUT2D eigenvalue weighted by Crippen LogP contribution is -2.54. The topological polar surface area (TPSA) is 90.4 Å². The normalized spacial score (nSPS) is 15.1. The third-order valence-electron chi connectivity index (χ3n) is 3.16. The highest BCUT2D eigenvalue weighted by molar-refractivity contribution is 5.80. The number of amides is 3. The Morgan fingerprint density at radius 2 is 1.70 bits per heavy atom. The van der Waals surface area contributed by atoms with E-state index in [1.807, 2.05) is 0 Å². The molecule has 1 saturated heterocycles. The van der Waals surface area contributed by atoms with Crippen molar-refractivity contribution in [2.75, 3.05) is 53.0 Å². The lowest BCUT2D eigenvalue weighted by Gasteiger charge is -2.36. The van der Waals surface area contributed by atoms with Crippen LogP contribution in [0.5, 0.6) is 0 Å². The van der Waals surface area contributed by atoms with Crippen molar-refractivity contribution in [1.29, 1.82) is 0 Å². The van der Waals surface area contributed by atoms with Crippen molar-refractivity contribution >= 4 is 17.9 Å². The van der Waals surface area contributed by atoms with Crippen molar-refractivity contribution in [3.63, 3.8) is 0 Å². The zero-order chi connectivity index (χ0) is 15.1. The molecular formula is C12H21N3O5. The molecule has 0 aromatic heterocycles. The third kappa shape index (κ3) is 4.69. The summed E-state index contributed by atoms with van der Waals surface area (Å²) in [6.07, 6.45) is 0. The molecule has 1 aliphatic heterocycles. The maximum atomic E-state index is 12.2. The number of carboxylic acid groups (broad SMARTS) is 1. The Labute approximate surface area is 117 Å². The molecule has 1 rings (SSSR count). The van der Waals surface area contributed by atoms with Crippen LogP contribution < -0.4 is 0 Å². The Balaban J connectivity index is 2.56. The summed E-state index contributed by atoms with van der Waals surface area (Å²) < 4.78 is 4.88. The van der Waals surface area contributed by atoms with Gasteiger partial charge in [-0.1, -0.05) is 0 Å². The fraction of sp³-hybridized carbons (Fsp3) is 0.750. The number of rotatable bonds is 5. The largest absolute Gasteiger partial charge is 0.480 e. The Morgan fingerprint density at radius 3 is 2.15 bits per heavy atom. The molecule has 1 N–H and O–H groups in total. The van der Waals surface area contributed by atoms with Crippen LogP contribution >= 0.6 is 0 Å². The molecule has 0 saturated carbocycles. The highest BCUT2D eigenvalue weighted by Gasteiger charge is 2.26. The predicted octanol–water partition coefficient (Wildman–Crippen LogP) is -0.696. The van der Waals surface area contributed by atoms with E-state index in [0.717, 1.165) is 0 Å². The molecule has 0 atom stereocenters. The molecule has 3 amide bonds. The average Bonchev–Trinajstić information content (AvgIpc) is 2.42. The number of hydrogen-bond donors (Lipinski definition) is 1. The Morgan fingerprint density at radius 1 is 1.15 bits per heavy atom. The van der Waals surface area contributed by atoms with E-state index < -0.39 is 5.97 Å². The molecule has 0 unspecified atom stereocenters. The lowest BCUT2D eigenvalue weighted by atomic mass is 10.3. The van der Waals surface area contributed by atoms with Gasteiger partial charge in [0.05, 0.1) is 6.61 Å². The van der Waals surface area contributed by atoms with Gasteiger partial charge < -0.3 is 24.5 Å². The molecule has 1 heterocycles. The predicted molar refractivity (Wildman–Crippen MR) is 70.3 cm³/mol. The summed E-state index contributed by atoms with van der Waals surface area (Å²) in [4.78, 5) is 38.7. The average molecular weight is 287 g/mol. The number of piperazine rings is 1. The van der Waals surface area contributed by atoms with E-state index in [1.54, 1.807) is 9.80 Å². The minimum absolute atomic E-state index is 0.0149. The fourth-order valence-corrected chi connectivity index (χ4v) is 2.02. The number of nitrogens with zero attached hydrogens (tertiary/aromatic N) is 3. The van der Waals surface area contributed by atoms with Crippen LogP contribution in [0.2, 0.25) is 0 Å². The van der Waals surface area contributed by atoms with E-state index in [4.69, 9.17) is 9.84 Å². The number of carbonyl (C=O) groups excluding carboxylic acids is 2. The number of carbonyl (C=O) groups is 3. The van der Waals surface area contributed by atoms with Gasteiger partial charge >= 0.3 is 12.0 Å². The molecule has 1 fully saturated rings. The van der Waals surface area contributed by atoms with Gasteiger partial charge in [0.2, 0.25) is 5.91 Å². The smallest absolute Gasteiger partial charge is 0.323 e. The van der Waals surface area contributed by atoms with Crippen LogP contribution in [-0.4, -0.2) is 90.7 Å². The van der Waals surface area contributed by atoms with Crippen LogP contribution in [0.25, 0.3) is 0 Å². The summed E-state index contributed by atoms with van der Waals surface area (Å²) in [6, 6.07) is -0.326. The standard InChI is InChI=1S/C12H21N3O5/c1-10(16)13-3-5-14(6-4-13)12(19)15(7-8-20-2)9-11(17)18/h3-9H2,1-2H3,(H,17,18). The van der Waals surface area contributed by atoms with Gasteiger partial charge in [-0.05, 0) is 0 Å². The summed E-state index contributed by atoms with van der Waals surface area (Å²) in [5.41, 5.74) is 0. The molecule has 0 aromatic rings. The van der Waals surface area contributed by atoms with E-state index in [9.17, 15) is 14.4 Å². The number of urea groups is 1. The molecule has 114 valence electrons. The molecular weight excluding hydrogens is 266 g/mol. The molecule has 0 spiro atoms. The highest BCUT2D eigenvalue weighted by atomic mass is 16.5. The van der Waals surface area contributed by atoms with Crippen molar-refractivity contribution in [3.8, 4) is 0 Å². The second kappa shape index (κ2) is 7.68. The number of carboxylic acids is 1. The van der Waals surface area contributed by atoms with E-state index in [2.05, 4.69) is 0 Å². The zero-order valence-corrected chi connectivity index (χ0v) is 11.9. The first kappa shape index (κ1) is 16.2. The van der Waals surface area contributed by atoms with Gasteiger partial charge in [-0.2, -0.15) is 0 Å². The third-order valence-corrected chi connectivity index (χ3v) is 3.16. The molecule has 8 nitrogen and oxygen atoms in total. The maximum absolute atomic E-state index is 12.2. The minimum Gasteiger partial charge on any atom is -0.480 e. The Hall–Kier alpha value is -1.83. The maximum Gasteiger partial charge on any atom is 0.323 e. The quantitative estimate of drug-likeness (QED) is 0.722. The molecule has 0 aliphatic carbocycles. The first-order valence-corrected chi connectivity index (χ1v) is 6.45. The van der Waals surface area contributed by atoms with Crippen LogP contribution in [0.15, 0.2) is 0 Å². The minimum atomic E-state index is -1.06. The molecule has 0 aromatic carbocycles. The molecule has 8 heteroatoms. The summed E-state index contributed by atoms with van der Waals surface area (Å²) >= 11 is 0. The number of methoxy groups -OCH3 is 1. The van der Waals surface area contributed by atoms with Crippen molar-refractivity contribution in [2.45, 2.75) is 6.92 Å². The summed E-state index contributed by atoms with van der Waals surface area (Å²) in [6.45, 7) is 3.45. The number of aliphatic carboxylic acids is 1. The van der Waals surface area contributed by atoms with Crippen LogP contribution in [0.1, 0.15) is 6.92 Å². The van der Waals surface area contributed by atoms with Gasteiger partial charge in [-0.15, -0.1) is 0 Å². The van der Waals surface area contributed by atoms with Gasteiger partial charge in [0, 0.05) is 46.8 Å². The first-order chi connectivity index (χ1) is 9.45. The van der Waals surface area contributed by atoms with Crippen LogP contribution in [0.3, 0.4) is 0 Å². The molecule has 0 bridgehead atoms. The van der Waals surface area contributed by atoms with Gasteiger partial charge in [0.25, 0.3) is 0 Å². The van der Waals surface area contributed by atoms with Gasteiger partial charge in [-0.3, -0.25) is 9.59 Å². The van der Waals surface area contributed by atoms with Crippen molar-refractivity contribution in [2.24, 2.45) is 0 Å². The van der Waals surface area contributed by atoms with Gasteiger partial charge in [-0.25, -0.2) is 4.79 Å². The van der Waals surface area contributed by atoms with E-state index in [1.165, 1.54) is 18.9 Å². The van der Waals surface area contributed by atoms with Crippen molar-refractivity contribution in [3.05, 3.63) is 0 Å². The Kier molecular flexibility index (Phi) is 6.23. The van der Waals surface area contributed by atoms with E-state index >= 15 is 0 Å². The molecule has 1 aliphatic rings. The van der Waals surface area contributed by atoms with E-state index in [0.29, 0.717) is 26.2 Å². The molecule has 20 heavy (non-hydrogen) atoms. The monoisotopic (exact) mass is 287 g/mol. The summed E-state index contributed by atoms with van der Waals surface area (Å²) in [5.74, 6) is -1.07. The zero-order valence-electron chi connectivity index (χ0n) is 11.9. The second-order valence-electron chi connectivity index (χ2n) is 4.58. The highest BCUT2D eigenvalue weighted by Crippen LogP contribution is 2.06. The van der Waals surface area contributed by atoms with E-state index in [-0.39, 0.29) is 31.6 Å². The fourth-order valence-electron chi connectivity index (χ4n) is 2.02. The van der Waals surface area contributed by atoms with Gasteiger partial charge in [0.15, 0.2) is 0 Å². The lowest BCUT2D eigenvalue weighted by molar-refractivity contribution is -0.137. The second-order valence-corrected chi connectivity index (χ2v) is 4.58. The molecule has 0 radical (unpaired) electrons. The van der Waals surface area contributed by atoms with Crippen molar-refractivity contribution < 1.29 is 24.2 Å². The van der Waals surface area contributed by atoms with Crippen molar-refractivity contribution in [1.82, 2.24) is 14.7 Å². The Bertz CT molecular complexity index is 366. The number of ether oxygens (including phenoxy) is 1. The van der Waals surface area contributed by atoms with Crippen LogP contribution in [-0.2, 0) is 14.3 Å². The SMILES string of the molecule is COCCN(CC(=O)O)C(=O)N1CCN(C(C)=O)CC1. The van der Waals surface area contributed by atoms with Gasteiger partial charge in [0.1, 0.15) is 6.54 Å². The first-order valence-electron chi connectivity index (χ1n) is 6.45. The summed E-state index contributed by atoms with van der Waals surface area (Å²) in [7, 11) is 1.50. The number of hydrogen-bond acceptors (Lipinski definition) is 4.